The molecular weight excluding hydrogens is 302 g/mol. The van der Waals surface area contributed by atoms with Gasteiger partial charge in [0.2, 0.25) is 0 Å². The summed E-state index contributed by atoms with van der Waals surface area (Å²) in [5.41, 5.74) is 3.20. The molecule has 0 aliphatic heterocycles. The van der Waals surface area contributed by atoms with Crippen LogP contribution in [-0.2, 0) is 6.54 Å². The van der Waals surface area contributed by atoms with E-state index in [-0.39, 0.29) is 25.7 Å². The van der Waals surface area contributed by atoms with Crippen LogP contribution in [0.25, 0.3) is 0 Å². The first kappa shape index (κ1) is 17.7. The SMILES string of the molecule is Cc1ccc(C(=O)N(CCO)Cc2ccccc2)cc1C#CCO. The van der Waals surface area contributed by atoms with Gasteiger partial charge in [-0.05, 0) is 30.2 Å². The molecule has 0 fully saturated rings. The fourth-order valence-corrected chi connectivity index (χ4v) is 2.38. The van der Waals surface area contributed by atoms with Crippen LogP contribution in [0.1, 0.15) is 27.0 Å². The molecule has 2 rings (SSSR count). The fraction of sp³-hybridized carbons (Fsp3) is 0.250. The minimum absolute atomic E-state index is 0.0956. The van der Waals surface area contributed by atoms with Gasteiger partial charge in [0, 0.05) is 24.2 Å². The van der Waals surface area contributed by atoms with Gasteiger partial charge in [-0.25, -0.2) is 0 Å². The summed E-state index contributed by atoms with van der Waals surface area (Å²) in [4.78, 5) is 14.4. The normalized spacial score (nSPS) is 9.96. The first-order valence-corrected chi connectivity index (χ1v) is 7.80. The molecule has 24 heavy (non-hydrogen) atoms. The number of aliphatic hydroxyl groups is 2. The van der Waals surface area contributed by atoms with E-state index in [2.05, 4.69) is 11.8 Å². The van der Waals surface area contributed by atoms with Gasteiger partial charge in [0.05, 0.1) is 6.61 Å². The third-order valence-electron chi connectivity index (χ3n) is 3.66. The number of amides is 1. The second-order valence-corrected chi connectivity index (χ2v) is 5.43. The van der Waals surface area contributed by atoms with Crippen molar-refractivity contribution in [3.8, 4) is 11.8 Å². The highest BCUT2D eigenvalue weighted by Gasteiger charge is 2.16. The zero-order valence-corrected chi connectivity index (χ0v) is 13.7. The number of aryl methyl sites for hydroxylation is 1. The predicted molar refractivity (Wildman–Crippen MR) is 93.4 cm³/mol. The Morgan fingerprint density at radius 1 is 1.12 bits per heavy atom. The quantitative estimate of drug-likeness (QED) is 0.827. The van der Waals surface area contributed by atoms with Crippen LogP contribution in [0.5, 0.6) is 0 Å². The summed E-state index contributed by atoms with van der Waals surface area (Å²) in [5.74, 6) is 5.31. The van der Waals surface area contributed by atoms with E-state index in [0.29, 0.717) is 12.1 Å². The Morgan fingerprint density at radius 3 is 2.54 bits per heavy atom. The number of hydrogen-bond acceptors (Lipinski definition) is 3. The highest BCUT2D eigenvalue weighted by Crippen LogP contribution is 2.14. The van der Waals surface area contributed by atoms with Crippen LogP contribution in [0.3, 0.4) is 0 Å². The van der Waals surface area contributed by atoms with Gasteiger partial charge in [0.15, 0.2) is 0 Å². The summed E-state index contributed by atoms with van der Waals surface area (Å²) >= 11 is 0. The summed E-state index contributed by atoms with van der Waals surface area (Å²) in [6.45, 7) is 2.29. The Bertz CT molecular complexity index is 744. The van der Waals surface area contributed by atoms with Gasteiger partial charge in [0.1, 0.15) is 6.61 Å². The monoisotopic (exact) mass is 323 g/mol. The van der Waals surface area contributed by atoms with Crippen LogP contribution in [0.15, 0.2) is 48.5 Å². The van der Waals surface area contributed by atoms with Gasteiger partial charge < -0.3 is 15.1 Å². The zero-order valence-electron chi connectivity index (χ0n) is 13.7. The Balaban J connectivity index is 2.26. The molecule has 2 aromatic carbocycles. The minimum Gasteiger partial charge on any atom is -0.395 e. The Labute approximate surface area is 142 Å². The molecule has 1 amide bonds. The average Bonchev–Trinajstić information content (AvgIpc) is 2.61. The van der Waals surface area contributed by atoms with Crippen molar-refractivity contribution in [3.63, 3.8) is 0 Å². The maximum absolute atomic E-state index is 12.8. The Hall–Kier alpha value is -2.61. The molecule has 4 heteroatoms. The van der Waals surface area contributed by atoms with E-state index in [4.69, 9.17) is 5.11 Å². The lowest BCUT2D eigenvalue weighted by atomic mass is 10.0. The third-order valence-corrected chi connectivity index (χ3v) is 3.66. The van der Waals surface area contributed by atoms with E-state index in [0.717, 1.165) is 16.7 Å². The lowest BCUT2D eigenvalue weighted by Crippen LogP contribution is -2.33. The maximum Gasteiger partial charge on any atom is 0.254 e. The molecule has 0 saturated heterocycles. The molecule has 0 spiro atoms. The number of carbonyl (C=O) groups excluding carboxylic acids is 1. The third kappa shape index (κ3) is 4.69. The number of nitrogens with zero attached hydrogens (tertiary/aromatic N) is 1. The van der Waals surface area contributed by atoms with Crippen LogP contribution in [0.4, 0.5) is 0 Å². The molecule has 0 aliphatic rings. The van der Waals surface area contributed by atoms with Crippen molar-refractivity contribution in [3.05, 3.63) is 70.8 Å². The van der Waals surface area contributed by atoms with E-state index in [9.17, 15) is 9.90 Å². The molecule has 0 heterocycles. The van der Waals surface area contributed by atoms with Crippen molar-refractivity contribution >= 4 is 5.91 Å². The molecule has 2 N–H and O–H groups in total. The lowest BCUT2D eigenvalue weighted by molar-refractivity contribution is 0.0708. The number of rotatable bonds is 5. The highest BCUT2D eigenvalue weighted by molar-refractivity contribution is 5.94. The second-order valence-electron chi connectivity index (χ2n) is 5.43. The van der Waals surface area contributed by atoms with Gasteiger partial charge in [-0.15, -0.1) is 0 Å². The number of hydrogen-bond donors (Lipinski definition) is 2. The Kier molecular flexibility index (Phi) is 6.56. The van der Waals surface area contributed by atoms with Gasteiger partial charge >= 0.3 is 0 Å². The molecule has 4 nitrogen and oxygen atoms in total. The maximum atomic E-state index is 12.8. The smallest absolute Gasteiger partial charge is 0.254 e. The summed E-state index contributed by atoms with van der Waals surface area (Å²) in [7, 11) is 0. The second kappa shape index (κ2) is 8.88. The number of benzene rings is 2. The zero-order chi connectivity index (χ0) is 17.4. The molecule has 2 aromatic rings. The van der Waals surface area contributed by atoms with Crippen molar-refractivity contribution in [1.29, 1.82) is 0 Å². The van der Waals surface area contributed by atoms with Crippen LogP contribution in [0.2, 0.25) is 0 Å². The van der Waals surface area contributed by atoms with Crippen molar-refractivity contribution in [2.24, 2.45) is 0 Å². The first-order valence-electron chi connectivity index (χ1n) is 7.80. The molecule has 0 unspecified atom stereocenters. The average molecular weight is 323 g/mol. The van der Waals surface area contributed by atoms with Crippen LogP contribution < -0.4 is 0 Å². The fourth-order valence-electron chi connectivity index (χ4n) is 2.38. The van der Waals surface area contributed by atoms with Gasteiger partial charge in [0.25, 0.3) is 5.91 Å². The molecule has 0 aromatic heterocycles. The molecular formula is C20H21NO3. The summed E-state index contributed by atoms with van der Waals surface area (Å²) in [6, 6.07) is 15.0. The molecule has 0 radical (unpaired) electrons. The molecule has 0 saturated carbocycles. The molecule has 0 aliphatic carbocycles. The lowest BCUT2D eigenvalue weighted by Gasteiger charge is -2.22. The standard InChI is InChI=1S/C20H21NO3/c1-16-9-10-19(14-18(16)8-5-12-22)20(24)21(11-13-23)15-17-6-3-2-4-7-17/h2-4,6-7,9-10,14,22-23H,11-13,15H2,1H3. The van der Waals surface area contributed by atoms with Crippen LogP contribution in [-0.4, -0.2) is 40.8 Å². The van der Waals surface area contributed by atoms with E-state index in [1.165, 1.54) is 0 Å². The van der Waals surface area contributed by atoms with Gasteiger partial charge in [-0.3, -0.25) is 4.79 Å². The molecule has 124 valence electrons. The summed E-state index contributed by atoms with van der Waals surface area (Å²) in [6.07, 6.45) is 0. The molecule has 0 bridgehead atoms. The summed E-state index contributed by atoms with van der Waals surface area (Å²) < 4.78 is 0. The van der Waals surface area contributed by atoms with E-state index < -0.39 is 0 Å². The molecule has 0 atom stereocenters. The van der Waals surface area contributed by atoms with E-state index >= 15 is 0 Å². The minimum atomic E-state index is -0.220. The van der Waals surface area contributed by atoms with Crippen molar-refractivity contribution in [1.82, 2.24) is 4.90 Å². The Morgan fingerprint density at radius 2 is 1.88 bits per heavy atom. The summed E-state index contributed by atoms with van der Waals surface area (Å²) in [5, 5.41) is 18.1. The van der Waals surface area contributed by atoms with E-state index in [1.807, 2.05) is 43.3 Å². The predicted octanol–water partition coefficient (Wildman–Crippen LogP) is 1.97. The largest absolute Gasteiger partial charge is 0.395 e. The number of aliphatic hydroxyl groups excluding tert-OH is 2. The topological polar surface area (TPSA) is 60.8 Å². The highest BCUT2D eigenvalue weighted by atomic mass is 16.3. The van der Waals surface area contributed by atoms with E-state index in [1.54, 1.807) is 17.0 Å². The van der Waals surface area contributed by atoms with Crippen LogP contribution in [0, 0.1) is 18.8 Å². The van der Waals surface area contributed by atoms with Gasteiger partial charge in [-0.2, -0.15) is 0 Å². The number of carbonyl (C=O) groups is 1. The van der Waals surface area contributed by atoms with Crippen molar-refractivity contribution in [2.75, 3.05) is 19.8 Å². The van der Waals surface area contributed by atoms with Crippen LogP contribution >= 0.6 is 0 Å². The first-order chi connectivity index (χ1) is 11.7. The van der Waals surface area contributed by atoms with Gasteiger partial charge in [-0.1, -0.05) is 48.2 Å². The van der Waals surface area contributed by atoms with Crippen molar-refractivity contribution in [2.45, 2.75) is 13.5 Å². The van der Waals surface area contributed by atoms with Crippen molar-refractivity contribution < 1.29 is 15.0 Å².